The van der Waals surface area contributed by atoms with Gasteiger partial charge in [-0.1, -0.05) is 0 Å². The molecule has 0 radical (unpaired) electrons. The van der Waals surface area contributed by atoms with Crippen molar-refractivity contribution in [3.63, 3.8) is 0 Å². The van der Waals surface area contributed by atoms with Crippen molar-refractivity contribution in [3.8, 4) is 0 Å². The fourth-order valence-electron chi connectivity index (χ4n) is 4.74. The lowest BCUT2D eigenvalue weighted by Gasteiger charge is -2.39. The topological polar surface area (TPSA) is 76.7 Å². The SMILES string of the molecule is C[N+](C)(CCCC[N+](C)(C)CCOC(=O)NCCC(F)(F)C(F)(F)C(F)(F)C(F)(F)C(F)(F)C(F)(F)F)CCOC(=O)NCCC(F)(F)C(F)(F)C(F)(F)C(F)(F)C(F)(F)C(F)(F)F.[Br-].[Br-]. The van der Waals surface area contributed by atoms with Crippen LogP contribution in [0.4, 0.5) is 124 Å². The Hall–Kier alpha value is -2.40. The lowest BCUT2D eigenvalue weighted by atomic mass is 9.92. The Bertz CT molecular complexity index is 1450. The molecular weight excluding hydrogens is 1130 g/mol. The Labute approximate surface area is 376 Å². The predicted molar refractivity (Wildman–Crippen MR) is 162 cm³/mol. The van der Waals surface area contributed by atoms with Crippen LogP contribution in [0, 0.1) is 0 Å². The third-order valence-electron chi connectivity index (χ3n) is 9.05. The van der Waals surface area contributed by atoms with Gasteiger partial charge in [-0.2, -0.15) is 114 Å². The molecule has 66 heavy (non-hydrogen) atoms. The van der Waals surface area contributed by atoms with Crippen LogP contribution in [0.15, 0.2) is 0 Å². The molecule has 398 valence electrons. The monoisotopic (exact) mass is 1170 g/mol. The lowest BCUT2D eigenvalue weighted by Crippen LogP contribution is -3.00. The van der Waals surface area contributed by atoms with Gasteiger partial charge < -0.3 is 63.0 Å². The van der Waals surface area contributed by atoms with Crippen LogP contribution in [0.1, 0.15) is 25.7 Å². The Morgan fingerprint density at radius 1 is 0.379 bits per heavy atom. The van der Waals surface area contributed by atoms with Crippen molar-refractivity contribution in [1.29, 1.82) is 0 Å². The van der Waals surface area contributed by atoms with Gasteiger partial charge in [0.15, 0.2) is 0 Å². The zero-order chi connectivity index (χ0) is 51.5. The number of carbonyl (C=O) groups is 2. The van der Waals surface area contributed by atoms with Gasteiger partial charge in [0.1, 0.15) is 26.3 Å². The number of nitrogens with zero attached hydrogens (tertiary/aromatic N) is 2. The number of amides is 2. The molecule has 36 heteroatoms. The number of carbonyl (C=O) groups excluding carboxylic acids is 2. The maximum atomic E-state index is 13.9. The number of unbranched alkanes of at least 4 members (excludes halogenated alkanes) is 1. The number of ether oxygens (including phenoxy) is 2. The molecule has 0 saturated heterocycles. The number of alkyl carbamates (subject to hydrolysis) is 2. The Morgan fingerprint density at radius 2 is 0.606 bits per heavy atom. The van der Waals surface area contributed by atoms with E-state index >= 15 is 0 Å². The molecule has 2 amide bonds. The van der Waals surface area contributed by atoms with Crippen LogP contribution in [0.25, 0.3) is 0 Å². The fourth-order valence-corrected chi connectivity index (χ4v) is 4.74. The van der Waals surface area contributed by atoms with Gasteiger partial charge in [-0.25, -0.2) is 9.59 Å². The number of quaternary nitrogens is 2. The van der Waals surface area contributed by atoms with E-state index in [1.165, 1.54) is 10.6 Å². The maximum Gasteiger partial charge on any atom is 0.460 e. The Balaban J connectivity index is -0.0000198. The molecular formula is C30H38Br2F26N4O4. The molecule has 0 bridgehead atoms. The molecule has 0 aliphatic rings. The van der Waals surface area contributed by atoms with E-state index in [-0.39, 0.29) is 69.1 Å². The fraction of sp³-hybridized carbons (Fsp3) is 0.933. The van der Waals surface area contributed by atoms with Crippen molar-refractivity contribution in [2.75, 3.05) is 80.7 Å². The molecule has 0 aromatic heterocycles. The molecule has 0 unspecified atom stereocenters. The van der Waals surface area contributed by atoms with Gasteiger partial charge in [0.2, 0.25) is 0 Å². The summed E-state index contributed by atoms with van der Waals surface area (Å²) in [6, 6.07) is 0. The van der Waals surface area contributed by atoms with E-state index in [0.29, 0.717) is 12.8 Å². The molecule has 0 rings (SSSR count). The van der Waals surface area contributed by atoms with Crippen LogP contribution in [-0.4, -0.2) is 173 Å². The minimum atomic E-state index is -8.08. The van der Waals surface area contributed by atoms with Crippen molar-refractivity contribution in [2.45, 2.75) is 97.3 Å². The van der Waals surface area contributed by atoms with Gasteiger partial charge in [-0.15, -0.1) is 0 Å². The lowest BCUT2D eigenvalue weighted by molar-refractivity contribution is -0.897. The van der Waals surface area contributed by atoms with Crippen molar-refractivity contribution in [3.05, 3.63) is 0 Å². The zero-order valence-corrected chi connectivity index (χ0v) is 36.8. The molecule has 0 atom stereocenters. The van der Waals surface area contributed by atoms with Gasteiger partial charge in [-0.05, 0) is 0 Å². The van der Waals surface area contributed by atoms with Gasteiger partial charge in [-0.3, -0.25) is 0 Å². The first-order valence-corrected chi connectivity index (χ1v) is 17.3. The summed E-state index contributed by atoms with van der Waals surface area (Å²) in [6.07, 6.45) is -23.2. The average molecular weight is 1170 g/mol. The highest BCUT2D eigenvalue weighted by atomic mass is 79.9. The summed E-state index contributed by atoms with van der Waals surface area (Å²) >= 11 is 0. The summed E-state index contributed by atoms with van der Waals surface area (Å²) in [5.41, 5.74) is 0. The standard InChI is InChI=1S/C30H36F26N4O4.2BrH/c1-59(2,13-15-63-17(61)57-9-7-19(31,32)21(35,36)23(39,40)25(43,44)27(47,48)29(51,52)53)11-5-6-12-60(3,4)14-16-64-18(62)58-10-8-20(33,34)22(37,38)24(41,42)26(45,46)28(49,50)30(54,55)56;;/h5-16H2,1-4H3;2*1H. The van der Waals surface area contributed by atoms with Gasteiger partial charge >= 0.3 is 83.8 Å². The molecule has 0 aliphatic carbocycles. The molecule has 2 N–H and O–H groups in total. The minimum Gasteiger partial charge on any atom is -1.00 e. The number of rotatable bonds is 25. The molecule has 0 aromatic rings. The van der Waals surface area contributed by atoms with Crippen molar-refractivity contribution in [1.82, 2.24) is 10.6 Å². The molecule has 0 spiro atoms. The molecule has 0 aliphatic heterocycles. The summed E-state index contributed by atoms with van der Waals surface area (Å²) in [5, 5.41) is 2.68. The third kappa shape index (κ3) is 14.6. The Morgan fingerprint density at radius 3 is 0.833 bits per heavy atom. The second kappa shape index (κ2) is 22.1. The molecule has 0 fully saturated rings. The smallest absolute Gasteiger partial charge is 0.460 e. The van der Waals surface area contributed by atoms with Crippen LogP contribution in [-0.2, 0) is 9.47 Å². The first kappa shape index (κ1) is 67.9. The minimum absolute atomic E-state index is 0. The van der Waals surface area contributed by atoms with E-state index in [1.807, 2.05) is 0 Å². The van der Waals surface area contributed by atoms with Crippen LogP contribution in [0.2, 0.25) is 0 Å². The normalized spacial score (nSPS) is 14.8. The number of likely N-dealkylation sites (N-methyl/N-ethyl adjacent to an activating group) is 2. The third-order valence-corrected chi connectivity index (χ3v) is 9.05. The number of nitrogens with one attached hydrogen (secondary N) is 2. The van der Waals surface area contributed by atoms with E-state index in [0.717, 1.165) is 0 Å². The molecule has 0 saturated carbocycles. The largest absolute Gasteiger partial charge is 1.00 e. The van der Waals surface area contributed by atoms with Crippen LogP contribution in [0.5, 0.6) is 0 Å². The molecule has 0 aromatic carbocycles. The van der Waals surface area contributed by atoms with Crippen molar-refractivity contribution >= 4 is 12.2 Å². The van der Waals surface area contributed by atoms with Crippen LogP contribution >= 0.6 is 0 Å². The number of alkyl halides is 26. The summed E-state index contributed by atoms with van der Waals surface area (Å²) < 4.78 is 352. The highest BCUT2D eigenvalue weighted by Gasteiger charge is 2.92. The first-order chi connectivity index (χ1) is 27.9. The van der Waals surface area contributed by atoms with E-state index in [1.54, 1.807) is 28.2 Å². The second-order valence-electron chi connectivity index (χ2n) is 15.1. The summed E-state index contributed by atoms with van der Waals surface area (Å²) in [7, 11) is 6.16. The van der Waals surface area contributed by atoms with E-state index in [4.69, 9.17) is 0 Å². The number of hydrogen-bond donors (Lipinski definition) is 2. The molecule has 0 heterocycles. The summed E-state index contributed by atoms with van der Waals surface area (Å²) in [5.74, 6) is -75.8. The van der Waals surface area contributed by atoms with Crippen LogP contribution < -0.4 is 44.6 Å². The Kier molecular flexibility index (Phi) is 22.8. The molecule has 8 nitrogen and oxygen atoms in total. The highest BCUT2D eigenvalue weighted by Crippen LogP contribution is 2.62. The van der Waals surface area contributed by atoms with E-state index in [9.17, 15) is 124 Å². The predicted octanol–water partition coefficient (Wildman–Crippen LogP) is 3.64. The zero-order valence-electron chi connectivity index (χ0n) is 33.6. The van der Waals surface area contributed by atoms with E-state index in [2.05, 4.69) is 9.47 Å². The van der Waals surface area contributed by atoms with Gasteiger partial charge in [0.05, 0.1) is 41.3 Å². The van der Waals surface area contributed by atoms with Gasteiger partial charge in [0, 0.05) is 38.8 Å². The van der Waals surface area contributed by atoms with Crippen LogP contribution in [0.3, 0.4) is 0 Å². The van der Waals surface area contributed by atoms with E-state index < -0.39 is 123 Å². The highest BCUT2D eigenvalue weighted by molar-refractivity contribution is 5.67. The average Bonchev–Trinajstić information content (AvgIpc) is 3.08. The number of halogens is 28. The van der Waals surface area contributed by atoms with Crippen molar-refractivity contribution in [2.24, 2.45) is 0 Å². The second-order valence-corrected chi connectivity index (χ2v) is 15.1. The quantitative estimate of drug-likeness (QED) is 0.0834. The maximum absolute atomic E-state index is 13.9. The summed E-state index contributed by atoms with van der Waals surface area (Å²) in [6.45, 7) is -4.29. The first-order valence-electron chi connectivity index (χ1n) is 17.3. The van der Waals surface area contributed by atoms with Gasteiger partial charge in [0.25, 0.3) is 0 Å². The summed E-state index contributed by atoms with van der Waals surface area (Å²) in [4.78, 5) is 23.5. The van der Waals surface area contributed by atoms with Crippen molar-refractivity contribution < 1.29 is 176 Å². The number of hydrogen-bond acceptors (Lipinski definition) is 4.